The fourth-order valence-corrected chi connectivity index (χ4v) is 2.28. The zero-order valence-electron chi connectivity index (χ0n) is 13.5. The molecule has 0 aromatic rings. The number of aliphatic hydroxyl groups is 5. The lowest BCUT2D eigenvalue weighted by Crippen LogP contribution is -2.59. The lowest BCUT2D eigenvalue weighted by molar-refractivity contribution is -0.302. The first-order valence-corrected chi connectivity index (χ1v) is 7.78. The van der Waals surface area contributed by atoms with Gasteiger partial charge in [-0.15, -0.1) is 0 Å². The van der Waals surface area contributed by atoms with Crippen LogP contribution >= 0.6 is 0 Å². The molecule has 10 heteroatoms. The van der Waals surface area contributed by atoms with Crippen LogP contribution in [0.1, 0.15) is 19.8 Å². The van der Waals surface area contributed by atoms with Crippen LogP contribution in [0.15, 0.2) is 0 Å². The van der Waals surface area contributed by atoms with Gasteiger partial charge in [0.1, 0.15) is 24.4 Å². The first kappa shape index (κ1) is 21.2. The summed E-state index contributed by atoms with van der Waals surface area (Å²) < 4.78 is 15.9. The molecule has 1 fully saturated rings. The van der Waals surface area contributed by atoms with Crippen molar-refractivity contribution in [1.82, 2.24) is 0 Å². The van der Waals surface area contributed by atoms with E-state index in [-0.39, 0.29) is 26.1 Å². The summed E-state index contributed by atoms with van der Waals surface area (Å²) in [5.41, 5.74) is 5.00. The number of amides is 1. The molecule has 10 nitrogen and oxygen atoms in total. The Balaban J connectivity index is 2.43. The van der Waals surface area contributed by atoms with Gasteiger partial charge < -0.3 is 45.5 Å². The highest BCUT2D eigenvalue weighted by atomic mass is 16.7. The molecule has 7 atom stereocenters. The molecule has 1 aliphatic rings. The summed E-state index contributed by atoms with van der Waals surface area (Å²) in [6, 6.07) is 0. The molecule has 7 N–H and O–H groups in total. The number of nitrogens with two attached hydrogens (primary N) is 1. The number of hydrogen-bond acceptors (Lipinski definition) is 9. The van der Waals surface area contributed by atoms with Crippen LogP contribution in [-0.4, -0.2) is 94.2 Å². The van der Waals surface area contributed by atoms with Gasteiger partial charge in [-0.25, -0.2) is 0 Å². The van der Waals surface area contributed by atoms with E-state index in [1.807, 2.05) is 0 Å². The van der Waals surface area contributed by atoms with Gasteiger partial charge in [-0.1, -0.05) is 0 Å². The molecule has 1 rings (SSSR count). The summed E-state index contributed by atoms with van der Waals surface area (Å²) in [7, 11) is 0. The fraction of sp³-hybridized carbons (Fsp3) is 0.929. The average Bonchev–Trinajstić information content (AvgIpc) is 2.52. The Kier molecular flexibility index (Phi) is 9.02. The molecule has 0 radical (unpaired) electrons. The minimum Gasteiger partial charge on any atom is -0.394 e. The maximum Gasteiger partial charge on any atom is 0.219 e. The van der Waals surface area contributed by atoms with Crippen molar-refractivity contribution < 1.29 is 44.5 Å². The number of ether oxygens (including phenoxy) is 3. The van der Waals surface area contributed by atoms with E-state index in [4.69, 9.17) is 25.1 Å². The summed E-state index contributed by atoms with van der Waals surface area (Å²) in [6.07, 6.45) is -7.92. The van der Waals surface area contributed by atoms with Crippen molar-refractivity contribution in [3.8, 4) is 0 Å². The molecule has 1 aliphatic heterocycles. The molecule has 0 bridgehead atoms. The van der Waals surface area contributed by atoms with Crippen molar-refractivity contribution in [3.05, 3.63) is 0 Å². The van der Waals surface area contributed by atoms with Crippen LogP contribution in [0.25, 0.3) is 0 Å². The van der Waals surface area contributed by atoms with E-state index in [2.05, 4.69) is 0 Å². The normalized spacial score (nSPS) is 33.2. The predicted molar refractivity (Wildman–Crippen MR) is 79.6 cm³/mol. The molecule has 0 aliphatic carbocycles. The molecule has 0 aromatic carbocycles. The third-order valence-corrected chi connectivity index (χ3v) is 3.75. The topological polar surface area (TPSA) is 172 Å². The minimum absolute atomic E-state index is 0.00876. The van der Waals surface area contributed by atoms with Gasteiger partial charge in [0, 0.05) is 6.42 Å². The number of carbonyl (C=O) groups is 1. The second-order valence-corrected chi connectivity index (χ2v) is 5.72. The summed E-state index contributed by atoms with van der Waals surface area (Å²) in [4.78, 5) is 10.7. The number of hydrogen-bond donors (Lipinski definition) is 6. The number of primary amides is 1. The molecule has 1 saturated heterocycles. The highest BCUT2D eigenvalue weighted by Crippen LogP contribution is 2.22. The zero-order valence-corrected chi connectivity index (χ0v) is 13.5. The van der Waals surface area contributed by atoms with E-state index >= 15 is 0 Å². The first-order valence-electron chi connectivity index (χ1n) is 7.78. The standard InChI is InChI=1S/C14H27NO9/c1-7(17)8(22-5-3-10(15)18)2-4-23-14-13(21)12(20)11(19)9(6-16)24-14/h7-9,11-14,16-17,19-21H,2-6H2,1H3,(H2,15,18)/t7-,8+,9?,11+,12?,13?,14+/m1/s1. The van der Waals surface area contributed by atoms with Gasteiger partial charge in [-0.05, 0) is 13.3 Å². The summed E-state index contributed by atoms with van der Waals surface area (Å²) in [5, 5.41) is 47.9. The largest absolute Gasteiger partial charge is 0.394 e. The van der Waals surface area contributed by atoms with Crippen molar-refractivity contribution in [3.63, 3.8) is 0 Å². The second-order valence-electron chi connectivity index (χ2n) is 5.72. The van der Waals surface area contributed by atoms with Crippen LogP contribution in [0.3, 0.4) is 0 Å². The number of carbonyl (C=O) groups excluding carboxylic acids is 1. The van der Waals surface area contributed by atoms with Gasteiger partial charge in [0.25, 0.3) is 0 Å². The van der Waals surface area contributed by atoms with E-state index in [1.54, 1.807) is 0 Å². The van der Waals surface area contributed by atoms with Crippen molar-refractivity contribution in [2.45, 2.75) is 62.7 Å². The average molecular weight is 353 g/mol. The van der Waals surface area contributed by atoms with E-state index < -0.39 is 55.4 Å². The van der Waals surface area contributed by atoms with E-state index in [9.17, 15) is 25.2 Å². The Labute approximate surface area is 139 Å². The zero-order chi connectivity index (χ0) is 18.3. The highest BCUT2D eigenvalue weighted by Gasteiger charge is 2.44. The van der Waals surface area contributed by atoms with Gasteiger partial charge in [-0.2, -0.15) is 0 Å². The van der Waals surface area contributed by atoms with Crippen molar-refractivity contribution in [2.24, 2.45) is 5.73 Å². The summed E-state index contributed by atoms with van der Waals surface area (Å²) in [5.74, 6) is -0.517. The molecule has 142 valence electrons. The molecular formula is C14H27NO9. The van der Waals surface area contributed by atoms with Gasteiger partial charge in [-0.3, -0.25) is 4.79 Å². The molecule has 1 amide bonds. The molecule has 0 aromatic heterocycles. The van der Waals surface area contributed by atoms with E-state index in [0.717, 1.165) is 0 Å². The lowest BCUT2D eigenvalue weighted by atomic mass is 9.99. The van der Waals surface area contributed by atoms with Crippen molar-refractivity contribution in [1.29, 1.82) is 0 Å². The summed E-state index contributed by atoms with van der Waals surface area (Å²) in [6.45, 7) is 1.04. The Morgan fingerprint density at radius 3 is 2.42 bits per heavy atom. The maximum atomic E-state index is 10.7. The van der Waals surface area contributed by atoms with Crippen LogP contribution in [0.5, 0.6) is 0 Å². The Morgan fingerprint density at radius 2 is 1.88 bits per heavy atom. The molecule has 3 unspecified atom stereocenters. The van der Waals surface area contributed by atoms with E-state index in [0.29, 0.717) is 0 Å². The van der Waals surface area contributed by atoms with Crippen LogP contribution in [0.4, 0.5) is 0 Å². The SMILES string of the molecule is C[C@@H](O)[C@H](CCO[C@H]1OC(CO)[C@H](O)C(O)C1O)OCCC(N)=O. The third-order valence-electron chi connectivity index (χ3n) is 3.75. The number of rotatable bonds is 10. The fourth-order valence-electron chi connectivity index (χ4n) is 2.28. The minimum atomic E-state index is -1.51. The highest BCUT2D eigenvalue weighted by molar-refractivity contribution is 5.73. The molecule has 0 spiro atoms. The molecule has 1 heterocycles. The third kappa shape index (κ3) is 6.22. The van der Waals surface area contributed by atoms with Crippen LogP contribution < -0.4 is 5.73 Å². The van der Waals surface area contributed by atoms with Crippen molar-refractivity contribution >= 4 is 5.91 Å². The van der Waals surface area contributed by atoms with Crippen molar-refractivity contribution in [2.75, 3.05) is 19.8 Å². The van der Waals surface area contributed by atoms with Gasteiger partial charge in [0.2, 0.25) is 5.91 Å². The van der Waals surface area contributed by atoms with Gasteiger partial charge >= 0.3 is 0 Å². The first-order chi connectivity index (χ1) is 11.3. The summed E-state index contributed by atoms with van der Waals surface area (Å²) >= 11 is 0. The molecular weight excluding hydrogens is 326 g/mol. The Morgan fingerprint density at radius 1 is 1.21 bits per heavy atom. The Bertz CT molecular complexity index is 379. The smallest absolute Gasteiger partial charge is 0.219 e. The van der Waals surface area contributed by atoms with Crippen LogP contribution in [-0.2, 0) is 19.0 Å². The number of aliphatic hydroxyl groups excluding tert-OH is 5. The van der Waals surface area contributed by atoms with Crippen LogP contribution in [0, 0.1) is 0 Å². The Hall–Kier alpha value is -0.850. The van der Waals surface area contributed by atoms with Gasteiger partial charge in [0.05, 0.1) is 32.0 Å². The molecule has 24 heavy (non-hydrogen) atoms. The molecule has 0 saturated carbocycles. The van der Waals surface area contributed by atoms with Gasteiger partial charge in [0.15, 0.2) is 6.29 Å². The maximum absolute atomic E-state index is 10.7. The predicted octanol–water partition coefficient (Wildman–Crippen LogP) is -3.17. The monoisotopic (exact) mass is 353 g/mol. The van der Waals surface area contributed by atoms with E-state index in [1.165, 1.54) is 6.92 Å². The quantitative estimate of drug-likeness (QED) is 0.237. The van der Waals surface area contributed by atoms with Crippen LogP contribution in [0.2, 0.25) is 0 Å². The lowest BCUT2D eigenvalue weighted by Gasteiger charge is -2.39. The second kappa shape index (κ2) is 10.2.